The first-order valence-corrected chi connectivity index (χ1v) is 14.7. The maximum atomic E-state index is 13.2. The lowest BCUT2D eigenvalue weighted by molar-refractivity contribution is -0.142. The molecule has 214 valence electrons. The maximum absolute atomic E-state index is 13.2. The number of likely N-dealkylation sites (tertiary alicyclic amines) is 1. The zero-order valence-electron chi connectivity index (χ0n) is 22.4. The summed E-state index contributed by atoms with van der Waals surface area (Å²) in [6.45, 7) is 3.13. The van der Waals surface area contributed by atoms with Gasteiger partial charge in [0, 0.05) is 13.1 Å². The van der Waals surface area contributed by atoms with Crippen LogP contribution in [0.25, 0.3) is 6.08 Å². The van der Waals surface area contributed by atoms with Gasteiger partial charge in [0.1, 0.15) is 11.9 Å². The van der Waals surface area contributed by atoms with Gasteiger partial charge in [-0.3, -0.25) is 18.8 Å². The van der Waals surface area contributed by atoms with Crippen molar-refractivity contribution in [2.75, 3.05) is 50.0 Å². The Labute approximate surface area is 239 Å². The molecule has 10 nitrogen and oxygen atoms in total. The second-order valence-electron chi connectivity index (χ2n) is 9.02. The molecule has 2 aromatic rings. The molecule has 0 N–H and O–H groups in total. The molecule has 3 rings (SSSR count). The third-order valence-corrected chi connectivity index (χ3v) is 8.08. The van der Waals surface area contributed by atoms with E-state index >= 15 is 0 Å². The fourth-order valence-corrected chi connectivity index (χ4v) is 5.66. The van der Waals surface area contributed by atoms with Crippen LogP contribution >= 0.6 is 11.6 Å². The van der Waals surface area contributed by atoms with E-state index < -0.39 is 21.7 Å². The molecule has 0 aliphatic carbocycles. The number of hydrogen-bond acceptors (Lipinski definition) is 9. The maximum Gasteiger partial charge on any atom is 0.323 e. The average molecular weight is 590 g/mol. The SMILES string of the molecule is CCOC(=O)CS(=O)(=O)N(C/C=C/c1cccc(C#N)c1)c1ccc(OC2CCN(CC(=O)OC)CC2)c(Cl)c1. The molecule has 1 aliphatic rings. The largest absolute Gasteiger partial charge is 0.489 e. The van der Waals surface area contributed by atoms with Crippen LogP contribution in [0, 0.1) is 11.3 Å². The average Bonchev–Trinajstić information content (AvgIpc) is 2.93. The Morgan fingerprint density at radius 2 is 1.93 bits per heavy atom. The summed E-state index contributed by atoms with van der Waals surface area (Å²) in [5.41, 5.74) is 1.46. The van der Waals surface area contributed by atoms with E-state index in [0.29, 0.717) is 37.2 Å². The highest BCUT2D eigenvalue weighted by molar-refractivity contribution is 7.93. The number of carbonyl (C=O) groups is 2. The van der Waals surface area contributed by atoms with Crippen LogP contribution in [-0.2, 0) is 29.1 Å². The number of nitriles is 1. The molecular formula is C28H32ClN3O7S. The summed E-state index contributed by atoms with van der Waals surface area (Å²) >= 11 is 6.52. The van der Waals surface area contributed by atoms with Crippen molar-refractivity contribution in [3.8, 4) is 11.8 Å². The van der Waals surface area contributed by atoms with Gasteiger partial charge >= 0.3 is 11.9 Å². The van der Waals surface area contributed by atoms with Crippen LogP contribution in [-0.4, -0.2) is 77.0 Å². The third-order valence-electron chi connectivity index (χ3n) is 6.15. The van der Waals surface area contributed by atoms with Crippen LogP contribution in [0.5, 0.6) is 5.75 Å². The summed E-state index contributed by atoms with van der Waals surface area (Å²) in [5, 5.41) is 9.33. The molecule has 1 aliphatic heterocycles. The summed E-state index contributed by atoms with van der Waals surface area (Å²) < 4.78 is 43.2. The van der Waals surface area contributed by atoms with Crippen LogP contribution in [0.4, 0.5) is 5.69 Å². The quantitative estimate of drug-likeness (QED) is 0.341. The predicted octanol–water partition coefficient (Wildman–Crippen LogP) is 3.64. The van der Waals surface area contributed by atoms with Gasteiger partial charge in [-0.05, 0) is 55.7 Å². The molecule has 2 aromatic carbocycles. The van der Waals surface area contributed by atoms with Crippen LogP contribution < -0.4 is 9.04 Å². The molecule has 0 radical (unpaired) electrons. The van der Waals surface area contributed by atoms with E-state index in [9.17, 15) is 18.0 Å². The lowest BCUT2D eigenvalue weighted by atomic mass is 10.1. The van der Waals surface area contributed by atoms with E-state index in [1.807, 2.05) is 4.90 Å². The Balaban J connectivity index is 1.76. The summed E-state index contributed by atoms with van der Waals surface area (Å²) in [7, 11) is -2.77. The molecule has 1 saturated heterocycles. The summed E-state index contributed by atoms with van der Waals surface area (Å²) in [6.07, 6.45) is 4.58. The fraction of sp³-hybridized carbons (Fsp3) is 0.393. The summed E-state index contributed by atoms with van der Waals surface area (Å²) in [4.78, 5) is 25.6. The Bertz CT molecular complexity index is 1370. The molecule has 0 unspecified atom stereocenters. The topological polar surface area (TPSA) is 126 Å². The molecule has 40 heavy (non-hydrogen) atoms. The number of benzene rings is 2. The molecule has 1 heterocycles. The molecular weight excluding hydrogens is 558 g/mol. The molecule has 0 bridgehead atoms. The minimum Gasteiger partial charge on any atom is -0.489 e. The monoisotopic (exact) mass is 589 g/mol. The number of halogens is 1. The molecule has 12 heteroatoms. The van der Waals surface area contributed by atoms with E-state index in [-0.39, 0.29) is 42.5 Å². The van der Waals surface area contributed by atoms with Crippen LogP contribution in [0.3, 0.4) is 0 Å². The first kappa shape index (κ1) is 30.9. The van der Waals surface area contributed by atoms with E-state index in [4.69, 9.17) is 31.1 Å². The van der Waals surface area contributed by atoms with Gasteiger partial charge in [0.15, 0.2) is 5.75 Å². The van der Waals surface area contributed by atoms with Gasteiger partial charge < -0.3 is 14.2 Å². The minimum absolute atomic E-state index is 0.0585. The lowest BCUT2D eigenvalue weighted by Gasteiger charge is -2.31. The number of esters is 2. The van der Waals surface area contributed by atoms with Crippen LogP contribution in [0.2, 0.25) is 5.02 Å². The van der Waals surface area contributed by atoms with E-state index in [1.165, 1.54) is 13.2 Å². The van der Waals surface area contributed by atoms with E-state index in [2.05, 4.69) is 6.07 Å². The fourth-order valence-electron chi connectivity index (χ4n) is 4.16. The number of anilines is 1. The van der Waals surface area contributed by atoms with Gasteiger partial charge in [-0.15, -0.1) is 0 Å². The molecule has 0 spiro atoms. The standard InChI is InChI=1S/C28H32ClN3O7S/c1-3-38-28(34)20-40(35,36)32(13-5-8-21-6-4-7-22(16-21)18-30)23-9-10-26(25(29)17-23)39-24-11-14-31(15-12-24)19-27(33)37-2/h4-10,16-17,24H,3,11-15,19-20H2,1-2H3/b8-5+. The highest BCUT2D eigenvalue weighted by Crippen LogP contribution is 2.32. The number of rotatable bonds is 12. The number of ether oxygens (including phenoxy) is 3. The Morgan fingerprint density at radius 1 is 1.18 bits per heavy atom. The van der Waals surface area contributed by atoms with Gasteiger partial charge in [-0.1, -0.05) is 35.9 Å². The first-order chi connectivity index (χ1) is 19.1. The van der Waals surface area contributed by atoms with Crippen molar-refractivity contribution < 1.29 is 32.2 Å². The van der Waals surface area contributed by atoms with Gasteiger partial charge in [0.2, 0.25) is 10.0 Å². The summed E-state index contributed by atoms with van der Waals surface area (Å²) in [5.74, 6) is -1.57. The van der Waals surface area contributed by atoms with Crippen molar-refractivity contribution in [1.29, 1.82) is 5.26 Å². The highest BCUT2D eigenvalue weighted by atomic mass is 35.5. The smallest absolute Gasteiger partial charge is 0.323 e. The van der Waals surface area contributed by atoms with E-state index in [0.717, 1.165) is 9.87 Å². The molecule has 0 aromatic heterocycles. The Hall–Kier alpha value is -3.59. The zero-order chi connectivity index (χ0) is 29.1. The predicted molar refractivity (Wildman–Crippen MR) is 152 cm³/mol. The second-order valence-corrected chi connectivity index (χ2v) is 11.3. The second kappa shape index (κ2) is 14.7. The van der Waals surface area contributed by atoms with Crippen molar-refractivity contribution >= 4 is 45.3 Å². The minimum atomic E-state index is -4.13. The van der Waals surface area contributed by atoms with Gasteiger partial charge in [0.25, 0.3) is 0 Å². The zero-order valence-corrected chi connectivity index (χ0v) is 24.0. The Kier molecular flexibility index (Phi) is 11.4. The highest BCUT2D eigenvalue weighted by Gasteiger charge is 2.27. The molecule has 1 fully saturated rings. The van der Waals surface area contributed by atoms with Crippen LogP contribution in [0.1, 0.15) is 30.9 Å². The van der Waals surface area contributed by atoms with Crippen molar-refractivity contribution in [3.05, 3.63) is 64.7 Å². The van der Waals surface area contributed by atoms with Gasteiger partial charge in [-0.2, -0.15) is 5.26 Å². The molecule has 0 atom stereocenters. The normalized spacial score (nSPS) is 14.4. The van der Waals surface area contributed by atoms with Crippen LogP contribution in [0.15, 0.2) is 48.5 Å². The van der Waals surface area contributed by atoms with Crippen molar-refractivity contribution in [3.63, 3.8) is 0 Å². The number of carbonyl (C=O) groups excluding carboxylic acids is 2. The first-order valence-electron chi connectivity index (χ1n) is 12.7. The van der Waals surface area contributed by atoms with E-state index in [1.54, 1.807) is 55.5 Å². The number of sulfonamides is 1. The third kappa shape index (κ3) is 8.98. The number of piperidine rings is 1. The Morgan fingerprint density at radius 3 is 2.58 bits per heavy atom. The van der Waals surface area contributed by atoms with Crippen molar-refractivity contribution in [2.24, 2.45) is 0 Å². The van der Waals surface area contributed by atoms with Crippen molar-refractivity contribution in [1.82, 2.24) is 4.90 Å². The van der Waals surface area contributed by atoms with Gasteiger partial charge in [0.05, 0.1) is 49.1 Å². The number of nitrogens with zero attached hydrogens (tertiary/aromatic N) is 3. The molecule has 0 saturated carbocycles. The molecule has 0 amide bonds. The van der Waals surface area contributed by atoms with Gasteiger partial charge in [-0.25, -0.2) is 8.42 Å². The lowest BCUT2D eigenvalue weighted by Crippen LogP contribution is -2.41. The number of hydrogen-bond donors (Lipinski definition) is 0. The van der Waals surface area contributed by atoms with Crippen molar-refractivity contribution in [2.45, 2.75) is 25.9 Å². The summed E-state index contributed by atoms with van der Waals surface area (Å²) in [6, 6.07) is 13.6. The number of methoxy groups -OCH3 is 1.